The van der Waals surface area contributed by atoms with Crippen molar-refractivity contribution < 1.29 is 9.53 Å². The Morgan fingerprint density at radius 3 is 2.55 bits per heavy atom. The molecule has 1 aromatic heterocycles. The highest BCUT2D eigenvalue weighted by Crippen LogP contribution is 2.64. The maximum Gasteiger partial charge on any atom is 0.243 e. The molecule has 1 amide bonds. The van der Waals surface area contributed by atoms with Crippen LogP contribution in [0.3, 0.4) is 0 Å². The number of aromatic nitrogens is 1. The van der Waals surface area contributed by atoms with Crippen LogP contribution in [0.5, 0.6) is 11.6 Å². The SMILES string of the molecule is C[C@]1(C(=O)Nc2cccnc2Oc2ccccc2)CC1(Cl)Cl. The van der Waals surface area contributed by atoms with Crippen LogP contribution in [0, 0.1) is 5.41 Å². The van der Waals surface area contributed by atoms with Gasteiger partial charge in [0, 0.05) is 6.20 Å². The first kappa shape index (κ1) is 15.1. The van der Waals surface area contributed by atoms with Crippen LogP contribution in [0.15, 0.2) is 48.7 Å². The summed E-state index contributed by atoms with van der Waals surface area (Å²) in [6.07, 6.45) is 2.02. The van der Waals surface area contributed by atoms with Crippen LogP contribution < -0.4 is 10.1 Å². The van der Waals surface area contributed by atoms with Crippen LogP contribution >= 0.6 is 23.2 Å². The molecule has 0 unspecified atom stereocenters. The number of hydrogen-bond acceptors (Lipinski definition) is 3. The van der Waals surface area contributed by atoms with Gasteiger partial charge in [0.25, 0.3) is 0 Å². The maximum absolute atomic E-state index is 12.4. The number of carbonyl (C=O) groups excluding carboxylic acids is 1. The fourth-order valence-corrected chi connectivity index (χ4v) is 2.78. The number of nitrogens with one attached hydrogen (secondary N) is 1. The Kier molecular flexibility index (Phi) is 3.75. The van der Waals surface area contributed by atoms with Crippen LogP contribution in [0.2, 0.25) is 0 Å². The van der Waals surface area contributed by atoms with Gasteiger partial charge in [-0.1, -0.05) is 18.2 Å². The van der Waals surface area contributed by atoms with E-state index < -0.39 is 9.75 Å². The highest BCUT2D eigenvalue weighted by molar-refractivity contribution is 6.53. The molecule has 3 rings (SSSR count). The largest absolute Gasteiger partial charge is 0.437 e. The molecule has 0 bridgehead atoms. The molecule has 0 spiro atoms. The molecule has 4 nitrogen and oxygen atoms in total. The number of rotatable bonds is 4. The smallest absolute Gasteiger partial charge is 0.243 e. The van der Waals surface area contributed by atoms with Crippen molar-refractivity contribution in [3.63, 3.8) is 0 Å². The topological polar surface area (TPSA) is 51.2 Å². The van der Waals surface area contributed by atoms with Crippen molar-refractivity contribution in [2.24, 2.45) is 5.41 Å². The van der Waals surface area contributed by atoms with E-state index in [4.69, 9.17) is 27.9 Å². The number of para-hydroxylation sites is 1. The minimum atomic E-state index is -1.01. The average Bonchev–Trinajstić information content (AvgIpc) is 3.02. The van der Waals surface area contributed by atoms with Gasteiger partial charge in [-0.25, -0.2) is 4.98 Å². The summed E-state index contributed by atoms with van der Waals surface area (Å²) in [7, 11) is 0. The Bertz CT molecular complexity index is 706. The third-order valence-corrected chi connectivity index (χ3v) is 4.84. The molecule has 2 aromatic rings. The van der Waals surface area contributed by atoms with Crippen LogP contribution in [-0.4, -0.2) is 15.2 Å². The number of anilines is 1. The van der Waals surface area contributed by atoms with E-state index in [-0.39, 0.29) is 5.91 Å². The zero-order chi connectivity index (χ0) is 15.8. The number of nitrogens with zero attached hydrogens (tertiary/aromatic N) is 1. The Balaban J connectivity index is 1.79. The van der Waals surface area contributed by atoms with E-state index in [1.807, 2.05) is 30.3 Å². The first-order valence-electron chi connectivity index (χ1n) is 6.80. The molecular weight excluding hydrogens is 323 g/mol. The number of hydrogen-bond donors (Lipinski definition) is 1. The molecular formula is C16H14Cl2N2O2. The molecule has 114 valence electrons. The molecule has 1 N–H and O–H groups in total. The van der Waals surface area contributed by atoms with Crippen molar-refractivity contribution in [2.45, 2.75) is 17.7 Å². The maximum atomic E-state index is 12.4. The Labute approximate surface area is 138 Å². The molecule has 1 aliphatic rings. The summed E-state index contributed by atoms with van der Waals surface area (Å²) in [6, 6.07) is 12.7. The van der Waals surface area contributed by atoms with Crippen molar-refractivity contribution in [1.82, 2.24) is 4.98 Å². The molecule has 1 saturated carbocycles. The van der Waals surface area contributed by atoms with Gasteiger partial charge in [0.1, 0.15) is 15.8 Å². The van der Waals surface area contributed by atoms with Crippen molar-refractivity contribution in [2.75, 3.05) is 5.32 Å². The predicted molar refractivity (Wildman–Crippen MR) is 86.5 cm³/mol. The number of alkyl halides is 2. The first-order valence-corrected chi connectivity index (χ1v) is 7.55. The van der Waals surface area contributed by atoms with Crippen LogP contribution in [0.4, 0.5) is 5.69 Å². The lowest BCUT2D eigenvalue weighted by molar-refractivity contribution is -0.120. The van der Waals surface area contributed by atoms with Crippen LogP contribution in [0.25, 0.3) is 0 Å². The average molecular weight is 337 g/mol. The quantitative estimate of drug-likeness (QED) is 0.842. The lowest BCUT2D eigenvalue weighted by Gasteiger charge is -2.15. The van der Waals surface area contributed by atoms with Gasteiger partial charge in [-0.3, -0.25) is 4.79 Å². The summed E-state index contributed by atoms with van der Waals surface area (Å²) < 4.78 is 4.69. The van der Waals surface area contributed by atoms with Gasteiger partial charge in [0.2, 0.25) is 11.8 Å². The monoisotopic (exact) mass is 336 g/mol. The number of benzene rings is 1. The van der Waals surface area contributed by atoms with Crippen molar-refractivity contribution >= 4 is 34.8 Å². The summed E-state index contributed by atoms with van der Waals surface area (Å²) in [6.45, 7) is 1.73. The minimum Gasteiger partial charge on any atom is -0.437 e. The fraction of sp³-hybridized carbons (Fsp3) is 0.250. The molecule has 1 fully saturated rings. The van der Waals surface area contributed by atoms with E-state index in [2.05, 4.69) is 10.3 Å². The number of halogens is 2. The standard InChI is InChI=1S/C16H14Cl2N2O2/c1-15(10-16(15,17)18)14(21)20-12-8-5-9-19-13(12)22-11-6-3-2-4-7-11/h2-9H,10H2,1H3,(H,20,21)/t15-/m1/s1. The van der Waals surface area contributed by atoms with Crippen molar-refractivity contribution in [3.05, 3.63) is 48.7 Å². The summed E-state index contributed by atoms with van der Waals surface area (Å²) in [5, 5.41) is 2.79. The summed E-state index contributed by atoms with van der Waals surface area (Å²) in [5.74, 6) is 0.711. The Hall–Kier alpha value is -1.78. The summed E-state index contributed by atoms with van der Waals surface area (Å²) in [5.41, 5.74) is -0.315. The molecule has 0 radical (unpaired) electrons. The van der Waals surface area contributed by atoms with E-state index in [1.165, 1.54) is 0 Å². The molecule has 0 saturated heterocycles. The van der Waals surface area contributed by atoms with Gasteiger partial charge in [-0.05, 0) is 37.6 Å². The van der Waals surface area contributed by atoms with Crippen LogP contribution in [-0.2, 0) is 4.79 Å². The predicted octanol–water partition coefficient (Wildman–Crippen LogP) is 4.40. The van der Waals surface area contributed by atoms with E-state index in [0.717, 1.165) is 0 Å². The van der Waals surface area contributed by atoms with Gasteiger partial charge in [-0.2, -0.15) is 0 Å². The Morgan fingerprint density at radius 1 is 1.23 bits per heavy atom. The molecule has 1 heterocycles. The third-order valence-electron chi connectivity index (χ3n) is 3.74. The highest BCUT2D eigenvalue weighted by Gasteiger charge is 2.68. The van der Waals surface area contributed by atoms with E-state index in [1.54, 1.807) is 25.3 Å². The lowest BCUT2D eigenvalue weighted by atomic mass is 10.1. The van der Waals surface area contributed by atoms with Crippen molar-refractivity contribution in [3.8, 4) is 11.6 Å². The van der Waals surface area contributed by atoms with E-state index in [0.29, 0.717) is 23.7 Å². The van der Waals surface area contributed by atoms with Gasteiger partial charge >= 0.3 is 0 Å². The Morgan fingerprint density at radius 2 is 1.91 bits per heavy atom. The number of pyridine rings is 1. The van der Waals surface area contributed by atoms with Gasteiger partial charge in [-0.15, -0.1) is 23.2 Å². The second kappa shape index (κ2) is 5.45. The highest BCUT2D eigenvalue weighted by atomic mass is 35.5. The number of amides is 1. The summed E-state index contributed by atoms with van der Waals surface area (Å²) in [4.78, 5) is 16.5. The van der Waals surface area contributed by atoms with Gasteiger partial charge < -0.3 is 10.1 Å². The normalized spacial score (nSPS) is 22.0. The third kappa shape index (κ3) is 2.76. The van der Waals surface area contributed by atoms with Gasteiger partial charge in [0.05, 0.1) is 5.41 Å². The molecule has 0 aliphatic heterocycles. The number of ether oxygens (including phenoxy) is 1. The molecule has 6 heteroatoms. The molecule has 1 aliphatic carbocycles. The molecule has 22 heavy (non-hydrogen) atoms. The number of carbonyl (C=O) groups is 1. The van der Waals surface area contributed by atoms with Crippen LogP contribution in [0.1, 0.15) is 13.3 Å². The zero-order valence-corrected chi connectivity index (χ0v) is 13.4. The molecule has 1 atom stereocenters. The fourth-order valence-electron chi connectivity index (χ4n) is 2.07. The second-order valence-corrected chi connectivity index (χ2v) is 6.92. The second-order valence-electron chi connectivity index (χ2n) is 5.44. The van der Waals surface area contributed by atoms with E-state index >= 15 is 0 Å². The first-order chi connectivity index (χ1) is 10.4. The molecule has 1 aromatic carbocycles. The van der Waals surface area contributed by atoms with Crippen molar-refractivity contribution in [1.29, 1.82) is 0 Å². The zero-order valence-electron chi connectivity index (χ0n) is 11.8. The van der Waals surface area contributed by atoms with Gasteiger partial charge in [0.15, 0.2) is 0 Å². The lowest BCUT2D eigenvalue weighted by Crippen LogP contribution is -2.26. The minimum absolute atomic E-state index is 0.247. The van der Waals surface area contributed by atoms with E-state index in [9.17, 15) is 4.79 Å². The summed E-state index contributed by atoms with van der Waals surface area (Å²) >= 11 is 12.1.